The van der Waals surface area contributed by atoms with Crippen molar-refractivity contribution >= 4 is 28.0 Å². The predicted molar refractivity (Wildman–Crippen MR) is 118 cm³/mol. The fourth-order valence-corrected chi connectivity index (χ4v) is 4.56. The van der Waals surface area contributed by atoms with Crippen LogP contribution in [-0.2, 0) is 0 Å². The summed E-state index contributed by atoms with van der Waals surface area (Å²) in [5, 5.41) is 3.54. The lowest BCUT2D eigenvalue weighted by atomic mass is 10.0. The maximum absolute atomic E-state index is 5.03. The van der Waals surface area contributed by atoms with Crippen molar-refractivity contribution < 1.29 is 0 Å². The smallest absolute Gasteiger partial charge is 0.182 e. The summed E-state index contributed by atoms with van der Waals surface area (Å²) in [7, 11) is 0. The van der Waals surface area contributed by atoms with Crippen LogP contribution >= 0.6 is 0 Å². The molecule has 8 nitrogen and oxygen atoms in total. The van der Waals surface area contributed by atoms with Gasteiger partial charge in [-0.2, -0.15) is 0 Å². The predicted octanol–water partition coefficient (Wildman–Crippen LogP) is 3.92. The Morgan fingerprint density at radius 2 is 2.00 bits per heavy atom. The summed E-state index contributed by atoms with van der Waals surface area (Å²) in [5.74, 6) is 1.79. The van der Waals surface area contributed by atoms with E-state index in [1.807, 2.05) is 0 Å². The lowest BCUT2D eigenvalue weighted by Gasteiger charge is -2.37. The van der Waals surface area contributed by atoms with E-state index in [-0.39, 0.29) is 6.04 Å². The van der Waals surface area contributed by atoms with Crippen LogP contribution < -0.4 is 5.32 Å². The molecule has 30 heavy (non-hydrogen) atoms. The minimum atomic E-state index is -0.0202. The second-order valence-electron chi connectivity index (χ2n) is 8.40. The molecule has 1 saturated heterocycles. The number of anilines is 1. The number of rotatable bonds is 5. The highest BCUT2D eigenvalue weighted by atomic mass is 15.2. The molecule has 0 amide bonds. The van der Waals surface area contributed by atoms with Crippen molar-refractivity contribution in [2.24, 2.45) is 0 Å². The zero-order valence-electron chi connectivity index (χ0n) is 17.7. The first kappa shape index (κ1) is 19.0. The molecule has 0 bridgehead atoms. The van der Waals surface area contributed by atoms with Crippen LogP contribution in [0.25, 0.3) is 22.2 Å². The minimum Gasteiger partial charge on any atom is -0.358 e. The fourth-order valence-electron chi connectivity index (χ4n) is 4.56. The van der Waals surface area contributed by atoms with Crippen LogP contribution in [0, 0.1) is 0 Å². The van der Waals surface area contributed by atoms with Crippen LogP contribution in [0.4, 0.5) is 5.82 Å². The third kappa shape index (κ3) is 3.31. The Bertz CT molecular complexity index is 1160. The Hall–Kier alpha value is -3.00. The average molecular weight is 405 g/mol. The van der Waals surface area contributed by atoms with Gasteiger partial charge >= 0.3 is 0 Å². The molecular formula is C22H28N8. The number of piperidine rings is 1. The highest BCUT2D eigenvalue weighted by Crippen LogP contribution is 2.32. The number of benzene rings is 1. The van der Waals surface area contributed by atoms with Gasteiger partial charge in [0.1, 0.15) is 17.7 Å². The second kappa shape index (κ2) is 7.68. The molecule has 1 aliphatic heterocycles. The summed E-state index contributed by atoms with van der Waals surface area (Å²) in [4.78, 5) is 23.6. The lowest BCUT2D eigenvalue weighted by molar-refractivity contribution is 0.143. The van der Waals surface area contributed by atoms with Gasteiger partial charge in [0.25, 0.3) is 0 Å². The highest BCUT2D eigenvalue weighted by molar-refractivity contribution is 5.82. The summed E-state index contributed by atoms with van der Waals surface area (Å²) in [6.45, 7) is 8.93. The van der Waals surface area contributed by atoms with Gasteiger partial charge in [0.15, 0.2) is 11.5 Å². The van der Waals surface area contributed by atoms with E-state index in [0.29, 0.717) is 17.7 Å². The molecule has 5 rings (SSSR count). The van der Waals surface area contributed by atoms with Crippen LogP contribution in [0.15, 0.2) is 36.9 Å². The van der Waals surface area contributed by atoms with Crippen molar-refractivity contribution in [3.05, 3.63) is 42.7 Å². The molecule has 2 N–H and O–H groups in total. The molecule has 1 aliphatic rings. The molecule has 2 unspecified atom stereocenters. The van der Waals surface area contributed by atoms with E-state index in [4.69, 9.17) is 4.98 Å². The van der Waals surface area contributed by atoms with E-state index in [2.05, 4.69) is 79.8 Å². The fraction of sp³-hybridized carbons (Fsp3) is 0.455. The molecule has 0 aliphatic carbocycles. The lowest BCUT2D eigenvalue weighted by Crippen LogP contribution is -2.41. The van der Waals surface area contributed by atoms with E-state index in [1.54, 1.807) is 12.7 Å². The van der Waals surface area contributed by atoms with E-state index in [9.17, 15) is 0 Å². The molecule has 3 aromatic heterocycles. The summed E-state index contributed by atoms with van der Waals surface area (Å²) in [6, 6.07) is 9.38. The maximum Gasteiger partial charge on any atom is 0.182 e. The molecule has 1 fully saturated rings. The third-order valence-corrected chi connectivity index (χ3v) is 6.11. The molecule has 1 aromatic carbocycles. The molecule has 156 valence electrons. The summed E-state index contributed by atoms with van der Waals surface area (Å²) in [6.07, 6.45) is 5.56. The van der Waals surface area contributed by atoms with Crippen LogP contribution in [0.1, 0.15) is 51.5 Å². The van der Waals surface area contributed by atoms with Crippen molar-refractivity contribution in [1.82, 2.24) is 34.4 Å². The highest BCUT2D eigenvalue weighted by Gasteiger charge is 2.28. The van der Waals surface area contributed by atoms with Crippen molar-refractivity contribution in [3.8, 4) is 0 Å². The van der Waals surface area contributed by atoms with Gasteiger partial charge in [-0.3, -0.25) is 4.90 Å². The van der Waals surface area contributed by atoms with Gasteiger partial charge in [-0.25, -0.2) is 19.9 Å². The Labute approximate surface area is 175 Å². The topological polar surface area (TPSA) is 87.5 Å². The normalized spacial score (nSPS) is 19.0. The van der Waals surface area contributed by atoms with Crippen LogP contribution in [0.3, 0.4) is 0 Å². The average Bonchev–Trinajstić information content (AvgIpc) is 3.39. The molecule has 0 spiro atoms. The number of para-hydroxylation sites is 2. The first-order valence-electron chi connectivity index (χ1n) is 10.7. The second-order valence-corrected chi connectivity index (χ2v) is 8.40. The number of fused-ring (bicyclic) bond motifs is 2. The molecule has 8 heteroatoms. The van der Waals surface area contributed by atoms with Gasteiger partial charge in [0, 0.05) is 18.6 Å². The van der Waals surface area contributed by atoms with E-state index in [0.717, 1.165) is 29.2 Å². The number of nitrogens with zero attached hydrogens (tertiary/aromatic N) is 6. The van der Waals surface area contributed by atoms with Crippen molar-refractivity contribution in [3.63, 3.8) is 0 Å². The number of nitrogens with one attached hydrogen (secondary N) is 2. The molecular weight excluding hydrogens is 376 g/mol. The molecule has 4 aromatic rings. The van der Waals surface area contributed by atoms with Gasteiger partial charge in [-0.05, 0) is 52.3 Å². The largest absolute Gasteiger partial charge is 0.358 e. The first-order valence-corrected chi connectivity index (χ1v) is 10.7. The Morgan fingerprint density at radius 3 is 2.87 bits per heavy atom. The van der Waals surface area contributed by atoms with Gasteiger partial charge in [-0.15, -0.1) is 0 Å². The SMILES string of the molecule is CC(Nc1ncnc2nc[nH]c12)c1nc2ccccc2n1C1CCCN(C(C)C)C1. The third-order valence-electron chi connectivity index (χ3n) is 6.11. The number of likely N-dealkylation sites (tertiary alicyclic amines) is 1. The van der Waals surface area contributed by atoms with E-state index >= 15 is 0 Å². The number of hydrogen-bond acceptors (Lipinski definition) is 6. The summed E-state index contributed by atoms with van der Waals surface area (Å²) < 4.78 is 2.45. The zero-order valence-corrected chi connectivity index (χ0v) is 17.7. The van der Waals surface area contributed by atoms with Crippen LogP contribution in [0.2, 0.25) is 0 Å². The van der Waals surface area contributed by atoms with Crippen LogP contribution in [0.5, 0.6) is 0 Å². The quantitative estimate of drug-likeness (QED) is 0.524. The van der Waals surface area contributed by atoms with Crippen molar-refractivity contribution in [1.29, 1.82) is 0 Å². The van der Waals surface area contributed by atoms with Crippen molar-refractivity contribution in [2.45, 2.75) is 51.7 Å². The minimum absolute atomic E-state index is 0.0202. The molecule has 0 radical (unpaired) electrons. The van der Waals surface area contributed by atoms with Gasteiger partial charge in [0.2, 0.25) is 0 Å². The Balaban J connectivity index is 1.54. The molecule has 2 atom stereocenters. The van der Waals surface area contributed by atoms with E-state index in [1.165, 1.54) is 24.9 Å². The number of H-pyrrole nitrogens is 1. The Kier molecular flexibility index (Phi) is 4.86. The zero-order chi connectivity index (χ0) is 20.7. The van der Waals surface area contributed by atoms with Gasteiger partial charge in [0.05, 0.1) is 23.4 Å². The monoisotopic (exact) mass is 404 g/mol. The van der Waals surface area contributed by atoms with E-state index < -0.39 is 0 Å². The summed E-state index contributed by atoms with van der Waals surface area (Å²) in [5.41, 5.74) is 3.71. The van der Waals surface area contributed by atoms with Gasteiger partial charge < -0.3 is 14.9 Å². The number of aromatic nitrogens is 6. The van der Waals surface area contributed by atoms with Crippen molar-refractivity contribution in [2.75, 3.05) is 18.4 Å². The number of aromatic amines is 1. The van der Waals surface area contributed by atoms with Crippen LogP contribution in [-0.4, -0.2) is 53.5 Å². The number of hydrogen-bond donors (Lipinski definition) is 2. The Morgan fingerprint density at radius 1 is 1.13 bits per heavy atom. The molecule has 4 heterocycles. The maximum atomic E-state index is 5.03. The number of imidazole rings is 2. The molecule has 0 saturated carbocycles. The first-order chi connectivity index (χ1) is 14.6. The standard InChI is InChI=1S/C22H28N8/c1-14(2)29-10-6-7-16(11-29)30-18-9-5-4-8-17(18)28-22(30)15(3)27-21-19-20(24-12-23-19)25-13-26-21/h4-5,8-9,12-16H,6-7,10-11H2,1-3H3,(H2,23,24,25,26,27). The van der Waals surface area contributed by atoms with Gasteiger partial charge in [-0.1, -0.05) is 12.1 Å². The summed E-state index contributed by atoms with van der Waals surface area (Å²) >= 11 is 0.